The molecule has 3 aromatic carbocycles. The van der Waals surface area contributed by atoms with Crippen molar-refractivity contribution in [3.63, 3.8) is 0 Å². The summed E-state index contributed by atoms with van der Waals surface area (Å²) in [5, 5.41) is 0. The fraction of sp³-hybridized carbons (Fsp3) is 0.0455. The standard InChI is InChI=1S/C22H17NO2/c1-24-21-17(15-14-16-8-3-2-4-9-16)10-7-11-18(21)22-23-19-12-5-6-13-20(19)25-22/h2-15H,1H3. The van der Waals surface area contributed by atoms with Crippen molar-refractivity contribution in [2.24, 2.45) is 0 Å². The van der Waals surface area contributed by atoms with E-state index < -0.39 is 0 Å². The molecule has 0 fully saturated rings. The van der Waals surface area contributed by atoms with Crippen molar-refractivity contribution in [2.75, 3.05) is 7.11 Å². The van der Waals surface area contributed by atoms with Crippen LogP contribution in [0.5, 0.6) is 5.75 Å². The van der Waals surface area contributed by atoms with Crippen molar-refractivity contribution >= 4 is 23.3 Å². The minimum Gasteiger partial charge on any atom is -0.495 e. The maximum Gasteiger partial charge on any atom is 0.231 e. The maximum absolute atomic E-state index is 5.90. The number of hydrogen-bond donors (Lipinski definition) is 0. The summed E-state index contributed by atoms with van der Waals surface area (Å²) in [4.78, 5) is 4.58. The van der Waals surface area contributed by atoms with Gasteiger partial charge < -0.3 is 9.15 Å². The van der Waals surface area contributed by atoms with Crippen molar-refractivity contribution in [2.45, 2.75) is 0 Å². The molecule has 0 amide bonds. The largest absolute Gasteiger partial charge is 0.495 e. The second-order valence-corrected chi connectivity index (χ2v) is 5.66. The summed E-state index contributed by atoms with van der Waals surface area (Å²) in [5.74, 6) is 1.31. The van der Waals surface area contributed by atoms with E-state index in [9.17, 15) is 0 Å². The number of methoxy groups -OCH3 is 1. The van der Waals surface area contributed by atoms with Crippen molar-refractivity contribution in [3.05, 3.63) is 83.9 Å². The van der Waals surface area contributed by atoms with Gasteiger partial charge in [0.2, 0.25) is 5.89 Å². The molecule has 0 unspecified atom stereocenters. The summed E-state index contributed by atoms with van der Waals surface area (Å²) in [6.45, 7) is 0. The fourth-order valence-corrected chi connectivity index (χ4v) is 2.82. The Bertz CT molecular complexity index is 999. The lowest BCUT2D eigenvalue weighted by molar-refractivity contribution is 0.414. The number of ether oxygens (including phenoxy) is 1. The van der Waals surface area contributed by atoms with Crippen LogP contribution in [0.15, 0.2) is 77.2 Å². The SMILES string of the molecule is COc1c(C=Cc2ccccc2)cccc1-c1nc2ccccc2o1. The molecule has 0 aliphatic heterocycles. The molecule has 4 aromatic rings. The molecule has 25 heavy (non-hydrogen) atoms. The van der Waals surface area contributed by atoms with Gasteiger partial charge in [-0.3, -0.25) is 0 Å². The average Bonchev–Trinajstić information content (AvgIpc) is 3.11. The first kappa shape index (κ1) is 15.2. The van der Waals surface area contributed by atoms with Crippen LogP contribution >= 0.6 is 0 Å². The van der Waals surface area contributed by atoms with Gasteiger partial charge in [0.25, 0.3) is 0 Å². The van der Waals surface area contributed by atoms with Gasteiger partial charge in [-0.15, -0.1) is 0 Å². The monoisotopic (exact) mass is 327 g/mol. The fourth-order valence-electron chi connectivity index (χ4n) is 2.82. The second kappa shape index (κ2) is 6.65. The zero-order valence-electron chi connectivity index (χ0n) is 13.8. The Balaban J connectivity index is 1.77. The van der Waals surface area contributed by atoms with Crippen LogP contribution in [0.2, 0.25) is 0 Å². The number of para-hydroxylation sites is 3. The van der Waals surface area contributed by atoms with Gasteiger partial charge in [0.05, 0.1) is 12.7 Å². The van der Waals surface area contributed by atoms with Crippen LogP contribution in [-0.4, -0.2) is 12.1 Å². The van der Waals surface area contributed by atoms with Crippen LogP contribution < -0.4 is 4.74 Å². The van der Waals surface area contributed by atoms with Crippen LogP contribution in [0.1, 0.15) is 11.1 Å². The summed E-state index contributed by atoms with van der Waals surface area (Å²) in [6.07, 6.45) is 4.11. The number of aromatic nitrogens is 1. The van der Waals surface area contributed by atoms with E-state index in [1.807, 2.05) is 66.7 Å². The Labute approximate surface area is 146 Å². The molecule has 122 valence electrons. The molecule has 0 saturated heterocycles. The topological polar surface area (TPSA) is 35.3 Å². The number of fused-ring (bicyclic) bond motifs is 1. The molecular formula is C22H17NO2. The van der Waals surface area contributed by atoms with E-state index in [2.05, 4.69) is 23.2 Å². The van der Waals surface area contributed by atoms with Crippen molar-refractivity contribution in [1.82, 2.24) is 4.98 Å². The molecule has 1 aromatic heterocycles. The molecule has 0 N–H and O–H groups in total. The van der Waals surface area contributed by atoms with E-state index in [1.165, 1.54) is 0 Å². The molecule has 4 rings (SSSR count). The van der Waals surface area contributed by atoms with E-state index >= 15 is 0 Å². The van der Waals surface area contributed by atoms with Crippen LogP contribution in [-0.2, 0) is 0 Å². The molecule has 0 saturated carbocycles. The highest BCUT2D eigenvalue weighted by Crippen LogP contribution is 2.35. The molecule has 0 spiro atoms. The molecule has 0 atom stereocenters. The van der Waals surface area contributed by atoms with Crippen molar-refractivity contribution in [1.29, 1.82) is 0 Å². The zero-order chi connectivity index (χ0) is 17.1. The first-order valence-corrected chi connectivity index (χ1v) is 8.11. The predicted octanol–water partition coefficient (Wildman–Crippen LogP) is 5.67. The molecule has 0 radical (unpaired) electrons. The van der Waals surface area contributed by atoms with E-state index in [1.54, 1.807) is 7.11 Å². The highest BCUT2D eigenvalue weighted by atomic mass is 16.5. The second-order valence-electron chi connectivity index (χ2n) is 5.66. The van der Waals surface area contributed by atoms with Crippen molar-refractivity contribution < 1.29 is 9.15 Å². The van der Waals surface area contributed by atoms with Gasteiger partial charge in [0, 0.05) is 5.56 Å². The van der Waals surface area contributed by atoms with Gasteiger partial charge in [-0.25, -0.2) is 4.98 Å². The minimum atomic E-state index is 0.563. The van der Waals surface area contributed by atoms with Crippen LogP contribution in [0.25, 0.3) is 34.7 Å². The van der Waals surface area contributed by atoms with Crippen LogP contribution in [0.3, 0.4) is 0 Å². The summed E-state index contributed by atoms with van der Waals surface area (Å²) in [7, 11) is 1.67. The Morgan fingerprint density at radius 3 is 2.44 bits per heavy atom. The molecule has 3 nitrogen and oxygen atoms in total. The van der Waals surface area contributed by atoms with Gasteiger partial charge >= 0.3 is 0 Å². The number of nitrogens with zero attached hydrogens (tertiary/aromatic N) is 1. The molecule has 0 aliphatic rings. The molecule has 1 heterocycles. The smallest absolute Gasteiger partial charge is 0.231 e. The van der Waals surface area contributed by atoms with Gasteiger partial charge in [-0.2, -0.15) is 0 Å². The normalized spacial score (nSPS) is 11.2. The quantitative estimate of drug-likeness (QED) is 0.453. The predicted molar refractivity (Wildman–Crippen MR) is 101 cm³/mol. The average molecular weight is 327 g/mol. The van der Waals surface area contributed by atoms with E-state index in [0.717, 1.165) is 33.5 Å². The number of oxazole rings is 1. The Kier molecular flexibility index (Phi) is 4.05. The summed E-state index contributed by atoms with van der Waals surface area (Å²) in [6, 6.07) is 23.9. The number of hydrogen-bond acceptors (Lipinski definition) is 3. The van der Waals surface area contributed by atoms with E-state index in [4.69, 9.17) is 9.15 Å². The lowest BCUT2D eigenvalue weighted by Crippen LogP contribution is -1.91. The summed E-state index contributed by atoms with van der Waals surface area (Å²) in [5.41, 5.74) is 4.56. The van der Waals surface area contributed by atoms with Crippen LogP contribution in [0, 0.1) is 0 Å². The van der Waals surface area contributed by atoms with Gasteiger partial charge in [-0.05, 0) is 23.8 Å². The molecule has 3 heteroatoms. The summed E-state index contributed by atoms with van der Waals surface area (Å²) >= 11 is 0. The number of benzene rings is 3. The molecular weight excluding hydrogens is 310 g/mol. The highest BCUT2D eigenvalue weighted by molar-refractivity contribution is 5.81. The lowest BCUT2D eigenvalue weighted by atomic mass is 10.1. The maximum atomic E-state index is 5.90. The van der Waals surface area contributed by atoms with E-state index in [-0.39, 0.29) is 0 Å². The van der Waals surface area contributed by atoms with Gasteiger partial charge in [-0.1, -0.05) is 66.7 Å². The third kappa shape index (κ3) is 3.04. The first-order valence-electron chi connectivity index (χ1n) is 8.11. The zero-order valence-corrected chi connectivity index (χ0v) is 13.8. The minimum absolute atomic E-state index is 0.563. The lowest BCUT2D eigenvalue weighted by Gasteiger charge is -2.09. The third-order valence-electron chi connectivity index (χ3n) is 4.03. The van der Waals surface area contributed by atoms with Gasteiger partial charge in [0.1, 0.15) is 11.3 Å². The Morgan fingerprint density at radius 1 is 0.840 bits per heavy atom. The third-order valence-corrected chi connectivity index (χ3v) is 4.03. The summed E-state index contributed by atoms with van der Waals surface area (Å²) < 4.78 is 11.6. The molecule has 0 aliphatic carbocycles. The van der Waals surface area contributed by atoms with Gasteiger partial charge in [0.15, 0.2) is 5.58 Å². The molecule has 0 bridgehead atoms. The Hall–Kier alpha value is -3.33. The van der Waals surface area contributed by atoms with E-state index in [0.29, 0.717) is 5.89 Å². The highest BCUT2D eigenvalue weighted by Gasteiger charge is 2.15. The first-order chi connectivity index (χ1) is 12.3. The van der Waals surface area contributed by atoms with Crippen molar-refractivity contribution in [3.8, 4) is 17.2 Å². The Morgan fingerprint density at radius 2 is 1.64 bits per heavy atom. The number of rotatable bonds is 4. The van der Waals surface area contributed by atoms with Crippen LogP contribution in [0.4, 0.5) is 0 Å².